The molecule has 4 nitrogen and oxygen atoms in total. The summed E-state index contributed by atoms with van der Waals surface area (Å²) in [5.74, 6) is -0.486. The molecule has 0 bridgehead atoms. The van der Waals surface area contributed by atoms with E-state index < -0.39 is 11.4 Å². The number of carboxylic acid groups (broad SMARTS) is 1. The number of benzene rings is 1. The van der Waals surface area contributed by atoms with Crippen molar-refractivity contribution in [1.29, 1.82) is 0 Å². The van der Waals surface area contributed by atoms with Crippen molar-refractivity contribution < 1.29 is 19.7 Å². The van der Waals surface area contributed by atoms with Gasteiger partial charge < -0.3 is 14.9 Å². The van der Waals surface area contributed by atoms with Crippen molar-refractivity contribution in [2.75, 3.05) is 7.11 Å². The largest absolute Gasteiger partial charge is 0.504 e. The molecule has 0 heterocycles. The topological polar surface area (TPSA) is 66.8 Å². The van der Waals surface area contributed by atoms with Crippen molar-refractivity contribution in [3.63, 3.8) is 0 Å². The van der Waals surface area contributed by atoms with Gasteiger partial charge in [-0.25, -0.2) is 0 Å². The van der Waals surface area contributed by atoms with E-state index in [1.54, 1.807) is 19.9 Å². The molecule has 0 spiro atoms. The first kappa shape index (κ1) is 16.3. The molecule has 0 aliphatic rings. The summed E-state index contributed by atoms with van der Waals surface area (Å²) >= 11 is 0. The number of aromatic hydroxyl groups is 1. The highest BCUT2D eigenvalue weighted by atomic mass is 16.5. The lowest BCUT2D eigenvalue weighted by Gasteiger charge is -2.25. The van der Waals surface area contributed by atoms with E-state index in [1.165, 1.54) is 7.11 Å². The van der Waals surface area contributed by atoms with Crippen molar-refractivity contribution in [3.8, 4) is 11.5 Å². The Hall–Kier alpha value is -1.71. The number of phenolic OH excluding ortho intramolecular Hbond substituents is 1. The van der Waals surface area contributed by atoms with Crippen molar-refractivity contribution in [3.05, 3.63) is 23.3 Å². The predicted molar refractivity (Wildman–Crippen MR) is 78.5 cm³/mol. The summed E-state index contributed by atoms with van der Waals surface area (Å²) in [7, 11) is 1.49. The van der Waals surface area contributed by atoms with Crippen LogP contribution in [0.3, 0.4) is 0 Å². The first-order valence-corrected chi connectivity index (χ1v) is 6.63. The van der Waals surface area contributed by atoms with Gasteiger partial charge in [0.2, 0.25) is 0 Å². The average Bonchev–Trinajstić information content (AvgIpc) is 2.29. The maximum atomic E-state index is 11.3. The molecular weight excluding hydrogens is 256 g/mol. The van der Waals surface area contributed by atoms with Crippen LogP contribution in [-0.4, -0.2) is 23.3 Å². The Bertz CT molecular complexity index is 510. The molecule has 1 rings (SSSR count). The first-order chi connectivity index (χ1) is 8.99. The zero-order valence-corrected chi connectivity index (χ0v) is 13.1. The molecule has 0 aliphatic carbocycles. The first-order valence-electron chi connectivity index (χ1n) is 6.63. The molecule has 0 aliphatic heterocycles. The van der Waals surface area contributed by atoms with Crippen LogP contribution in [-0.2, 0) is 16.6 Å². The average molecular weight is 280 g/mol. The van der Waals surface area contributed by atoms with Crippen LogP contribution >= 0.6 is 0 Å². The molecule has 0 fully saturated rings. The maximum Gasteiger partial charge on any atom is 0.309 e. The van der Waals surface area contributed by atoms with Gasteiger partial charge in [-0.15, -0.1) is 0 Å². The normalized spacial score (nSPS) is 12.3. The number of ether oxygens (including phenoxy) is 1. The Kier molecular flexibility index (Phi) is 4.37. The van der Waals surface area contributed by atoms with Crippen molar-refractivity contribution in [2.24, 2.45) is 5.41 Å². The van der Waals surface area contributed by atoms with Gasteiger partial charge in [-0.3, -0.25) is 4.79 Å². The molecular formula is C16H24O4. The van der Waals surface area contributed by atoms with E-state index in [2.05, 4.69) is 20.8 Å². The molecule has 0 atom stereocenters. The minimum absolute atomic E-state index is 0.0230. The van der Waals surface area contributed by atoms with Crippen LogP contribution in [0.25, 0.3) is 0 Å². The SMILES string of the molecule is COc1cc(C(C)(C)C)cc(CC(C)(C)C(=O)O)c1O. The van der Waals surface area contributed by atoms with E-state index >= 15 is 0 Å². The van der Waals surface area contributed by atoms with Gasteiger partial charge in [0.25, 0.3) is 0 Å². The summed E-state index contributed by atoms with van der Waals surface area (Å²) in [4.78, 5) is 11.3. The van der Waals surface area contributed by atoms with Crippen LogP contribution in [0.15, 0.2) is 12.1 Å². The Balaban J connectivity index is 3.35. The number of hydrogen-bond acceptors (Lipinski definition) is 3. The second kappa shape index (κ2) is 5.35. The Labute approximate surface area is 120 Å². The molecule has 0 saturated carbocycles. The molecule has 20 heavy (non-hydrogen) atoms. The maximum absolute atomic E-state index is 11.3. The van der Waals surface area contributed by atoms with E-state index in [4.69, 9.17) is 4.74 Å². The molecule has 0 amide bonds. The van der Waals surface area contributed by atoms with E-state index in [9.17, 15) is 15.0 Å². The number of carbonyl (C=O) groups is 1. The summed E-state index contributed by atoms with van der Waals surface area (Å²) in [6.07, 6.45) is 0.244. The Morgan fingerprint density at radius 2 is 1.75 bits per heavy atom. The van der Waals surface area contributed by atoms with Gasteiger partial charge in [0, 0.05) is 0 Å². The van der Waals surface area contributed by atoms with E-state index in [0.717, 1.165) is 5.56 Å². The number of phenols is 1. The third kappa shape index (κ3) is 3.44. The van der Waals surface area contributed by atoms with Crippen LogP contribution in [0, 0.1) is 5.41 Å². The predicted octanol–water partition coefficient (Wildman–Crippen LogP) is 3.35. The molecule has 2 N–H and O–H groups in total. The minimum Gasteiger partial charge on any atom is -0.504 e. The standard InChI is InChI=1S/C16H24O4/c1-15(2,3)11-7-10(9-16(4,5)14(18)19)13(17)12(8-11)20-6/h7-8,17H,9H2,1-6H3,(H,18,19). The smallest absolute Gasteiger partial charge is 0.309 e. The van der Waals surface area contributed by atoms with E-state index in [0.29, 0.717) is 11.3 Å². The molecule has 0 saturated heterocycles. The van der Waals surface area contributed by atoms with Crippen molar-refractivity contribution >= 4 is 5.97 Å². The molecule has 4 heteroatoms. The lowest BCUT2D eigenvalue weighted by molar-refractivity contribution is -0.146. The van der Waals surface area contributed by atoms with Gasteiger partial charge in [0.05, 0.1) is 12.5 Å². The molecule has 0 aromatic heterocycles. The van der Waals surface area contributed by atoms with Gasteiger partial charge in [0.15, 0.2) is 11.5 Å². The summed E-state index contributed by atoms with van der Waals surface area (Å²) in [5, 5.41) is 19.4. The van der Waals surface area contributed by atoms with E-state index in [1.807, 2.05) is 6.07 Å². The van der Waals surface area contributed by atoms with Gasteiger partial charge in [-0.1, -0.05) is 26.8 Å². The number of carboxylic acids is 1. The van der Waals surface area contributed by atoms with Crippen LogP contribution < -0.4 is 4.74 Å². The molecule has 0 unspecified atom stereocenters. The van der Waals surface area contributed by atoms with Gasteiger partial charge in [-0.05, 0) is 42.9 Å². The van der Waals surface area contributed by atoms with Crippen LogP contribution in [0.5, 0.6) is 11.5 Å². The number of aliphatic carboxylic acids is 1. The van der Waals surface area contributed by atoms with Gasteiger partial charge >= 0.3 is 5.97 Å². The van der Waals surface area contributed by atoms with Gasteiger partial charge in [0.1, 0.15) is 0 Å². The molecule has 112 valence electrons. The summed E-state index contributed by atoms with van der Waals surface area (Å²) in [6, 6.07) is 3.66. The number of rotatable bonds is 4. The Morgan fingerprint density at radius 3 is 2.15 bits per heavy atom. The summed E-state index contributed by atoms with van der Waals surface area (Å²) in [5.41, 5.74) is 0.548. The zero-order chi connectivity index (χ0) is 15.7. The van der Waals surface area contributed by atoms with E-state index in [-0.39, 0.29) is 17.6 Å². The summed E-state index contributed by atoms with van der Waals surface area (Å²) in [6.45, 7) is 9.47. The lowest BCUT2D eigenvalue weighted by Crippen LogP contribution is -2.26. The summed E-state index contributed by atoms with van der Waals surface area (Å²) < 4.78 is 5.20. The second-order valence-electron chi connectivity index (χ2n) is 6.80. The fraction of sp³-hybridized carbons (Fsp3) is 0.562. The number of methoxy groups -OCH3 is 1. The fourth-order valence-electron chi connectivity index (χ4n) is 1.94. The second-order valence-corrected chi connectivity index (χ2v) is 6.80. The highest BCUT2D eigenvalue weighted by molar-refractivity contribution is 5.74. The highest BCUT2D eigenvalue weighted by Gasteiger charge is 2.30. The lowest BCUT2D eigenvalue weighted by atomic mass is 9.81. The van der Waals surface area contributed by atoms with Crippen LogP contribution in [0.2, 0.25) is 0 Å². The number of hydrogen-bond donors (Lipinski definition) is 2. The molecule has 1 aromatic rings. The zero-order valence-electron chi connectivity index (χ0n) is 13.1. The quantitative estimate of drug-likeness (QED) is 0.887. The Morgan fingerprint density at radius 1 is 1.20 bits per heavy atom. The monoisotopic (exact) mass is 280 g/mol. The van der Waals surface area contributed by atoms with Crippen LogP contribution in [0.4, 0.5) is 0 Å². The molecule has 1 aromatic carbocycles. The minimum atomic E-state index is -0.945. The highest BCUT2D eigenvalue weighted by Crippen LogP contribution is 2.38. The van der Waals surface area contributed by atoms with Crippen molar-refractivity contribution in [2.45, 2.75) is 46.5 Å². The van der Waals surface area contributed by atoms with Crippen molar-refractivity contribution in [1.82, 2.24) is 0 Å². The van der Waals surface area contributed by atoms with Gasteiger partial charge in [-0.2, -0.15) is 0 Å². The van der Waals surface area contributed by atoms with Crippen LogP contribution in [0.1, 0.15) is 45.7 Å². The fourth-order valence-corrected chi connectivity index (χ4v) is 1.94. The third-order valence-electron chi connectivity index (χ3n) is 3.45. The molecule has 0 radical (unpaired) electrons. The third-order valence-corrected chi connectivity index (χ3v) is 3.45.